The number of hydrogen-bond donors (Lipinski definition) is 1. The molecule has 0 aliphatic rings. The maximum atomic E-state index is 11.9. The standard InChI is InChI=1S/C17H15BrN2O7/c1-25-12-5-6-14(15(8-12)20(23)24)19-16(21)9-27-17(22)10-26-13-4-2-3-11(18)7-13/h2-8H,9-10H2,1H3,(H,19,21). The number of benzene rings is 2. The minimum absolute atomic E-state index is 0.0350. The molecule has 2 aromatic carbocycles. The number of nitrogens with one attached hydrogen (secondary N) is 1. The van der Waals surface area contributed by atoms with Crippen LogP contribution in [0, 0.1) is 10.1 Å². The molecule has 0 atom stereocenters. The van der Waals surface area contributed by atoms with Crippen LogP contribution in [0.5, 0.6) is 11.5 Å². The van der Waals surface area contributed by atoms with Crippen LogP contribution in [0.3, 0.4) is 0 Å². The van der Waals surface area contributed by atoms with E-state index in [0.717, 1.165) is 4.47 Å². The average molecular weight is 439 g/mol. The zero-order valence-electron chi connectivity index (χ0n) is 14.1. The smallest absolute Gasteiger partial charge is 0.344 e. The van der Waals surface area contributed by atoms with E-state index in [-0.39, 0.29) is 23.7 Å². The molecule has 0 unspecified atom stereocenters. The molecule has 1 N–H and O–H groups in total. The van der Waals surface area contributed by atoms with Crippen LogP contribution in [-0.2, 0) is 14.3 Å². The summed E-state index contributed by atoms with van der Waals surface area (Å²) in [6.45, 7) is -0.990. The van der Waals surface area contributed by atoms with Gasteiger partial charge in [-0.15, -0.1) is 0 Å². The summed E-state index contributed by atoms with van der Waals surface area (Å²) in [6.07, 6.45) is 0. The van der Waals surface area contributed by atoms with E-state index in [4.69, 9.17) is 14.2 Å². The highest BCUT2D eigenvalue weighted by Gasteiger charge is 2.18. The van der Waals surface area contributed by atoms with E-state index in [1.165, 1.54) is 25.3 Å². The summed E-state index contributed by atoms with van der Waals surface area (Å²) in [7, 11) is 1.37. The lowest BCUT2D eigenvalue weighted by Crippen LogP contribution is -2.24. The number of anilines is 1. The molecule has 0 aliphatic carbocycles. The molecule has 0 aromatic heterocycles. The molecule has 0 aliphatic heterocycles. The number of amides is 1. The number of nitro benzene ring substituents is 1. The Balaban J connectivity index is 1.85. The third-order valence-corrected chi connectivity index (χ3v) is 3.69. The van der Waals surface area contributed by atoms with E-state index in [2.05, 4.69) is 21.2 Å². The normalized spacial score (nSPS) is 10.0. The number of hydrogen-bond acceptors (Lipinski definition) is 7. The SMILES string of the molecule is COc1ccc(NC(=O)COC(=O)COc2cccc(Br)c2)c([N+](=O)[O-])c1. The van der Waals surface area contributed by atoms with Crippen LogP contribution >= 0.6 is 15.9 Å². The quantitative estimate of drug-likeness (QED) is 0.382. The molecule has 1 amide bonds. The molecule has 9 nitrogen and oxygen atoms in total. The van der Waals surface area contributed by atoms with Gasteiger partial charge in [-0.1, -0.05) is 22.0 Å². The summed E-state index contributed by atoms with van der Waals surface area (Å²) in [5.74, 6) is -0.746. The second-order valence-corrected chi connectivity index (χ2v) is 6.01. The average Bonchev–Trinajstić information content (AvgIpc) is 2.65. The van der Waals surface area contributed by atoms with Gasteiger partial charge in [0.2, 0.25) is 0 Å². The Labute approximate surface area is 162 Å². The maximum absolute atomic E-state index is 11.9. The monoisotopic (exact) mass is 438 g/mol. The minimum atomic E-state index is -0.755. The highest BCUT2D eigenvalue weighted by Crippen LogP contribution is 2.28. The number of carbonyl (C=O) groups is 2. The lowest BCUT2D eigenvalue weighted by Gasteiger charge is -2.09. The lowest BCUT2D eigenvalue weighted by molar-refractivity contribution is -0.384. The molecule has 2 rings (SSSR count). The Morgan fingerprint density at radius 2 is 1.93 bits per heavy atom. The summed E-state index contributed by atoms with van der Waals surface area (Å²) < 4.78 is 15.7. The maximum Gasteiger partial charge on any atom is 0.344 e. The molecule has 0 bridgehead atoms. The van der Waals surface area contributed by atoms with E-state index >= 15 is 0 Å². The van der Waals surface area contributed by atoms with Crippen molar-refractivity contribution < 1.29 is 28.7 Å². The van der Waals surface area contributed by atoms with Gasteiger partial charge in [0, 0.05) is 4.47 Å². The second kappa shape index (κ2) is 9.53. The third kappa shape index (κ3) is 6.26. The zero-order chi connectivity index (χ0) is 19.8. The first kappa shape index (κ1) is 20.2. The van der Waals surface area contributed by atoms with E-state index in [9.17, 15) is 19.7 Å². The van der Waals surface area contributed by atoms with Gasteiger partial charge in [-0.3, -0.25) is 14.9 Å². The van der Waals surface area contributed by atoms with E-state index < -0.39 is 23.4 Å². The van der Waals surface area contributed by atoms with E-state index in [0.29, 0.717) is 5.75 Å². The zero-order valence-corrected chi connectivity index (χ0v) is 15.7. The van der Waals surface area contributed by atoms with Crippen LogP contribution in [0.15, 0.2) is 46.9 Å². The van der Waals surface area contributed by atoms with Crippen molar-refractivity contribution >= 4 is 39.2 Å². The fourth-order valence-electron chi connectivity index (χ4n) is 1.97. The van der Waals surface area contributed by atoms with Crippen molar-refractivity contribution in [2.24, 2.45) is 0 Å². The number of halogens is 1. The number of nitrogens with zero attached hydrogens (tertiary/aromatic N) is 1. The topological polar surface area (TPSA) is 117 Å². The number of ether oxygens (including phenoxy) is 3. The first-order valence-corrected chi connectivity index (χ1v) is 8.34. The predicted molar refractivity (Wildman–Crippen MR) is 98.9 cm³/mol. The Morgan fingerprint density at radius 1 is 1.15 bits per heavy atom. The highest BCUT2D eigenvalue weighted by molar-refractivity contribution is 9.10. The lowest BCUT2D eigenvalue weighted by atomic mass is 10.2. The molecule has 142 valence electrons. The summed E-state index contributed by atoms with van der Waals surface area (Å²) in [4.78, 5) is 33.9. The van der Waals surface area contributed by atoms with Gasteiger partial charge in [0.15, 0.2) is 13.2 Å². The van der Waals surface area contributed by atoms with Crippen LogP contribution in [-0.4, -0.2) is 37.1 Å². The first-order valence-electron chi connectivity index (χ1n) is 7.55. The Bertz CT molecular complexity index is 857. The van der Waals surface area contributed by atoms with Crippen molar-refractivity contribution in [1.29, 1.82) is 0 Å². The van der Waals surface area contributed by atoms with Gasteiger partial charge in [-0.25, -0.2) is 4.79 Å². The van der Waals surface area contributed by atoms with Crippen molar-refractivity contribution in [2.45, 2.75) is 0 Å². The van der Waals surface area contributed by atoms with Gasteiger partial charge in [0.1, 0.15) is 17.2 Å². The number of methoxy groups -OCH3 is 1. The van der Waals surface area contributed by atoms with Crippen molar-refractivity contribution in [3.8, 4) is 11.5 Å². The van der Waals surface area contributed by atoms with Gasteiger partial charge in [0.05, 0.1) is 18.1 Å². The Kier molecular flexibility index (Phi) is 7.12. The molecule has 2 aromatic rings. The van der Waals surface area contributed by atoms with Crippen molar-refractivity contribution in [3.05, 3.63) is 57.1 Å². The van der Waals surface area contributed by atoms with Crippen LogP contribution in [0.1, 0.15) is 0 Å². The molecule has 0 saturated carbocycles. The van der Waals surface area contributed by atoms with E-state index in [1.54, 1.807) is 24.3 Å². The molecule has 0 spiro atoms. The number of carbonyl (C=O) groups excluding carboxylic acids is 2. The fourth-order valence-corrected chi connectivity index (χ4v) is 2.35. The van der Waals surface area contributed by atoms with Crippen LogP contribution in [0.4, 0.5) is 11.4 Å². The van der Waals surface area contributed by atoms with E-state index in [1.807, 2.05) is 0 Å². The highest BCUT2D eigenvalue weighted by atomic mass is 79.9. The van der Waals surface area contributed by atoms with Gasteiger partial charge in [0.25, 0.3) is 11.6 Å². The largest absolute Gasteiger partial charge is 0.496 e. The van der Waals surface area contributed by atoms with Crippen LogP contribution in [0.2, 0.25) is 0 Å². The molecule has 0 heterocycles. The van der Waals surface area contributed by atoms with Gasteiger partial charge >= 0.3 is 5.97 Å². The Morgan fingerprint density at radius 3 is 2.59 bits per heavy atom. The Hall–Kier alpha value is -3.14. The number of rotatable bonds is 8. The van der Waals surface area contributed by atoms with Gasteiger partial charge in [-0.2, -0.15) is 0 Å². The molecule has 0 radical (unpaired) electrons. The third-order valence-electron chi connectivity index (χ3n) is 3.19. The summed E-state index contributed by atoms with van der Waals surface area (Å²) in [5, 5.41) is 13.4. The summed E-state index contributed by atoms with van der Waals surface area (Å²) in [6, 6.07) is 10.8. The van der Waals surface area contributed by atoms with Gasteiger partial charge in [-0.05, 0) is 30.3 Å². The molecule has 27 heavy (non-hydrogen) atoms. The van der Waals surface area contributed by atoms with Crippen molar-refractivity contribution in [1.82, 2.24) is 0 Å². The van der Waals surface area contributed by atoms with Crippen molar-refractivity contribution in [3.63, 3.8) is 0 Å². The summed E-state index contributed by atoms with van der Waals surface area (Å²) >= 11 is 3.27. The molecular weight excluding hydrogens is 424 g/mol. The second-order valence-electron chi connectivity index (χ2n) is 5.10. The molecule has 10 heteroatoms. The summed E-state index contributed by atoms with van der Waals surface area (Å²) in [5.41, 5.74) is -0.376. The van der Waals surface area contributed by atoms with Crippen LogP contribution in [0.25, 0.3) is 0 Å². The van der Waals surface area contributed by atoms with Crippen LogP contribution < -0.4 is 14.8 Å². The fraction of sp³-hybridized carbons (Fsp3) is 0.176. The number of nitro groups is 1. The van der Waals surface area contributed by atoms with Gasteiger partial charge < -0.3 is 19.5 Å². The first-order chi connectivity index (χ1) is 12.9. The molecule has 0 fully saturated rings. The van der Waals surface area contributed by atoms with Crippen molar-refractivity contribution in [2.75, 3.05) is 25.6 Å². The minimum Gasteiger partial charge on any atom is -0.496 e. The molecule has 0 saturated heterocycles. The molecular formula is C17H15BrN2O7. The predicted octanol–water partition coefficient (Wildman–Crippen LogP) is 2.93. The number of esters is 1.